The quantitative estimate of drug-likeness (QED) is 0.547. The topological polar surface area (TPSA) is 101 Å². The molecule has 26 heavy (non-hydrogen) atoms. The molecule has 0 atom stereocenters. The number of nitrogens with zero attached hydrogens (tertiary/aromatic N) is 3. The lowest BCUT2D eigenvalue weighted by Gasteiger charge is -2.03. The van der Waals surface area contributed by atoms with Crippen molar-refractivity contribution in [3.05, 3.63) is 66.3 Å². The average molecular weight is 383 g/mol. The number of anilines is 2. The predicted molar refractivity (Wildman–Crippen MR) is 99.1 cm³/mol. The molecular weight excluding hydrogens is 370 g/mol. The number of aromatic amines is 1. The Morgan fingerprint density at radius 3 is 2.62 bits per heavy atom. The van der Waals surface area contributed by atoms with Gasteiger partial charge in [0.15, 0.2) is 10.2 Å². The number of thiazole rings is 1. The SMILES string of the molecule is O=S(=O)(c1ccccc1)c1n[nH]cc1-c1csc(Nc2ccccn2)n1. The van der Waals surface area contributed by atoms with Gasteiger partial charge in [0, 0.05) is 17.8 Å². The summed E-state index contributed by atoms with van der Waals surface area (Å²) in [7, 11) is -3.73. The molecule has 0 bridgehead atoms. The number of aromatic nitrogens is 4. The molecule has 3 heterocycles. The summed E-state index contributed by atoms with van der Waals surface area (Å²) < 4.78 is 25.7. The maximum absolute atomic E-state index is 12.9. The van der Waals surface area contributed by atoms with E-state index in [0.29, 0.717) is 22.2 Å². The summed E-state index contributed by atoms with van der Waals surface area (Å²) in [6.07, 6.45) is 3.22. The van der Waals surface area contributed by atoms with Crippen LogP contribution in [-0.2, 0) is 9.84 Å². The Morgan fingerprint density at radius 2 is 1.85 bits per heavy atom. The number of rotatable bonds is 5. The summed E-state index contributed by atoms with van der Waals surface area (Å²) in [5.41, 5.74) is 0.955. The van der Waals surface area contributed by atoms with Gasteiger partial charge in [-0.25, -0.2) is 18.4 Å². The number of H-pyrrole nitrogens is 1. The molecule has 4 rings (SSSR count). The molecule has 2 N–H and O–H groups in total. The van der Waals surface area contributed by atoms with Gasteiger partial charge in [-0.1, -0.05) is 24.3 Å². The normalized spacial score (nSPS) is 11.4. The number of pyridine rings is 1. The summed E-state index contributed by atoms with van der Waals surface area (Å²) >= 11 is 1.36. The van der Waals surface area contributed by atoms with E-state index in [9.17, 15) is 8.42 Å². The summed E-state index contributed by atoms with van der Waals surface area (Å²) in [6.45, 7) is 0. The fraction of sp³-hybridized carbons (Fsp3) is 0. The van der Waals surface area contributed by atoms with Gasteiger partial charge >= 0.3 is 0 Å². The van der Waals surface area contributed by atoms with Crippen LogP contribution < -0.4 is 5.32 Å². The van der Waals surface area contributed by atoms with Crippen LogP contribution in [-0.4, -0.2) is 28.6 Å². The zero-order valence-electron chi connectivity index (χ0n) is 13.3. The lowest BCUT2D eigenvalue weighted by Crippen LogP contribution is -2.04. The zero-order chi connectivity index (χ0) is 18.0. The molecule has 0 aliphatic rings. The lowest BCUT2D eigenvalue weighted by molar-refractivity contribution is 0.592. The van der Waals surface area contributed by atoms with Crippen molar-refractivity contribution in [2.24, 2.45) is 0 Å². The molecule has 3 aromatic heterocycles. The first-order valence-corrected chi connectivity index (χ1v) is 9.99. The highest BCUT2D eigenvalue weighted by molar-refractivity contribution is 7.91. The van der Waals surface area contributed by atoms with Crippen LogP contribution in [0.1, 0.15) is 0 Å². The van der Waals surface area contributed by atoms with Gasteiger partial charge in [0.1, 0.15) is 5.82 Å². The Labute approximate surface area is 153 Å². The Hall–Kier alpha value is -3.04. The third kappa shape index (κ3) is 3.09. The molecule has 0 unspecified atom stereocenters. The third-order valence-corrected chi connectivity index (χ3v) is 6.06. The summed E-state index contributed by atoms with van der Waals surface area (Å²) in [5, 5.41) is 12.0. The van der Waals surface area contributed by atoms with Gasteiger partial charge in [-0.15, -0.1) is 11.3 Å². The monoisotopic (exact) mass is 383 g/mol. The van der Waals surface area contributed by atoms with E-state index < -0.39 is 9.84 Å². The van der Waals surface area contributed by atoms with Crippen molar-refractivity contribution in [1.82, 2.24) is 20.2 Å². The average Bonchev–Trinajstić information content (AvgIpc) is 3.33. The smallest absolute Gasteiger partial charge is 0.226 e. The molecule has 0 fully saturated rings. The minimum absolute atomic E-state index is 0.0432. The molecule has 0 spiro atoms. The van der Waals surface area contributed by atoms with E-state index in [0.717, 1.165) is 0 Å². The maximum Gasteiger partial charge on any atom is 0.226 e. The molecule has 0 saturated heterocycles. The van der Waals surface area contributed by atoms with E-state index in [1.807, 2.05) is 18.2 Å². The standard InChI is InChI=1S/C17H13N5O2S2/c23-26(24,12-6-2-1-3-7-12)16-13(10-19-22-16)14-11-25-17(20-14)21-15-8-4-5-9-18-15/h1-11H,(H,19,22)(H,18,20,21). The Bertz CT molecular complexity index is 1120. The minimum Gasteiger partial charge on any atom is -0.316 e. The molecule has 7 nitrogen and oxygen atoms in total. The molecular formula is C17H13N5O2S2. The van der Waals surface area contributed by atoms with Crippen molar-refractivity contribution in [2.75, 3.05) is 5.32 Å². The third-order valence-electron chi connectivity index (χ3n) is 3.59. The first-order chi connectivity index (χ1) is 12.6. The predicted octanol–water partition coefficient (Wildman–Crippen LogP) is 3.50. The summed E-state index contributed by atoms with van der Waals surface area (Å²) in [6, 6.07) is 13.7. The van der Waals surface area contributed by atoms with E-state index >= 15 is 0 Å². The van der Waals surface area contributed by atoms with Crippen LogP contribution in [0.25, 0.3) is 11.3 Å². The highest BCUT2D eigenvalue weighted by Gasteiger charge is 2.26. The maximum atomic E-state index is 12.9. The number of hydrogen-bond acceptors (Lipinski definition) is 7. The van der Waals surface area contributed by atoms with E-state index in [1.165, 1.54) is 17.5 Å². The first kappa shape index (κ1) is 16.4. The van der Waals surface area contributed by atoms with Gasteiger partial charge in [-0.2, -0.15) is 5.10 Å². The van der Waals surface area contributed by atoms with Crippen molar-refractivity contribution in [3.8, 4) is 11.3 Å². The molecule has 0 saturated carbocycles. The molecule has 1 aromatic carbocycles. The summed E-state index contributed by atoms with van der Waals surface area (Å²) in [4.78, 5) is 8.83. The highest BCUT2D eigenvalue weighted by atomic mass is 32.2. The molecule has 0 radical (unpaired) electrons. The molecule has 9 heteroatoms. The molecule has 0 aliphatic carbocycles. The van der Waals surface area contributed by atoms with Gasteiger partial charge in [0.05, 0.1) is 16.2 Å². The Balaban J connectivity index is 1.68. The van der Waals surface area contributed by atoms with E-state index in [1.54, 1.807) is 41.9 Å². The second kappa shape index (κ2) is 6.70. The van der Waals surface area contributed by atoms with Gasteiger partial charge in [-0.05, 0) is 24.3 Å². The van der Waals surface area contributed by atoms with Crippen LogP contribution >= 0.6 is 11.3 Å². The largest absolute Gasteiger partial charge is 0.316 e. The van der Waals surface area contributed by atoms with E-state index in [2.05, 4.69) is 25.5 Å². The van der Waals surface area contributed by atoms with Gasteiger partial charge in [-0.3, -0.25) is 5.10 Å². The van der Waals surface area contributed by atoms with Gasteiger partial charge in [0.2, 0.25) is 9.84 Å². The lowest BCUT2D eigenvalue weighted by atomic mass is 10.3. The fourth-order valence-electron chi connectivity index (χ4n) is 2.38. The van der Waals surface area contributed by atoms with Gasteiger partial charge in [0.25, 0.3) is 0 Å². The van der Waals surface area contributed by atoms with Crippen LogP contribution in [0.3, 0.4) is 0 Å². The van der Waals surface area contributed by atoms with Crippen molar-refractivity contribution < 1.29 is 8.42 Å². The highest BCUT2D eigenvalue weighted by Crippen LogP contribution is 2.32. The number of nitrogens with one attached hydrogen (secondary N) is 2. The summed E-state index contributed by atoms with van der Waals surface area (Å²) in [5.74, 6) is 0.665. The van der Waals surface area contributed by atoms with Crippen LogP contribution in [0.2, 0.25) is 0 Å². The van der Waals surface area contributed by atoms with E-state index in [4.69, 9.17) is 0 Å². The van der Waals surface area contributed by atoms with Crippen molar-refractivity contribution >= 4 is 32.1 Å². The van der Waals surface area contributed by atoms with E-state index in [-0.39, 0.29) is 9.92 Å². The van der Waals surface area contributed by atoms with Crippen molar-refractivity contribution in [2.45, 2.75) is 9.92 Å². The van der Waals surface area contributed by atoms with Crippen LogP contribution in [0.4, 0.5) is 10.9 Å². The molecule has 4 aromatic rings. The molecule has 130 valence electrons. The second-order valence-corrected chi connectivity index (χ2v) is 8.02. The zero-order valence-corrected chi connectivity index (χ0v) is 15.0. The van der Waals surface area contributed by atoms with Crippen LogP contribution in [0, 0.1) is 0 Å². The number of hydrogen-bond donors (Lipinski definition) is 2. The second-order valence-electron chi connectivity index (χ2n) is 5.30. The number of sulfone groups is 1. The minimum atomic E-state index is -3.73. The number of benzene rings is 1. The van der Waals surface area contributed by atoms with Crippen molar-refractivity contribution in [3.63, 3.8) is 0 Å². The molecule has 0 amide bonds. The first-order valence-electron chi connectivity index (χ1n) is 7.62. The Kier molecular flexibility index (Phi) is 4.23. The van der Waals surface area contributed by atoms with Crippen LogP contribution in [0.15, 0.2) is 76.2 Å². The molecule has 0 aliphatic heterocycles. The fourth-order valence-corrected chi connectivity index (χ4v) is 4.46. The van der Waals surface area contributed by atoms with Crippen molar-refractivity contribution in [1.29, 1.82) is 0 Å². The van der Waals surface area contributed by atoms with Gasteiger partial charge < -0.3 is 5.32 Å². The Morgan fingerprint density at radius 1 is 1.04 bits per heavy atom. The van der Waals surface area contributed by atoms with Crippen LogP contribution in [0.5, 0.6) is 0 Å².